The first kappa shape index (κ1) is 47.7. The molecule has 0 spiro atoms. The molecule has 0 unspecified atom stereocenters. The first-order valence-corrected chi connectivity index (χ1v) is 25.9. The Balaban J connectivity index is 1.39. The van der Waals surface area contributed by atoms with Crippen LogP contribution < -0.4 is 26.2 Å². The molecule has 0 saturated carbocycles. The number of nitrogens with zero attached hydrogens (tertiary/aromatic N) is 3. The molecule has 8 aromatic rings. The van der Waals surface area contributed by atoms with E-state index in [4.69, 9.17) is 0 Å². The SMILES string of the molecule is CC(C)(C)c1ccc(N2c3ccc(C(C)(C)C)cc3B3c4cc(C(C)(C)C)ccc4N(c4ccc(C(C)(C)C)cc4)c4cc(-n5c6cc(C(C)(C)C)ccc6c6ccc(C(C)(C)C)cc65)cc2c43)cc1. The Morgan fingerprint density at radius 1 is 0.286 bits per heavy atom. The zero-order valence-electron chi connectivity index (χ0n) is 45.6. The van der Waals surface area contributed by atoms with E-state index in [0.29, 0.717) is 0 Å². The van der Waals surface area contributed by atoms with E-state index in [2.05, 4.69) is 272 Å². The first-order chi connectivity index (χ1) is 32.5. The van der Waals surface area contributed by atoms with Crippen LogP contribution in [0.1, 0.15) is 158 Å². The van der Waals surface area contributed by atoms with Crippen molar-refractivity contribution in [1.82, 2.24) is 4.57 Å². The minimum atomic E-state index is -0.0406. The minimum absolute atomic E-state index is 0.0121. The summed E-state index contributed by atoms with van der Waals surface area (Å²) in [7, 11) is 0. The maximum absolute atomic E-state index is 2.60. The third-order valence-corrected chi connectivity index (χ3v) is 15.5. The zero-order chi connectivity index (χ0) is 50.4. The lowest BCUT2D eigenvalue weighted by molar-refractivity contribution is 0.590. The number of hydrogen-bond donors (Lipinski definition) is 0. The van der Waals surface area contributed by atoms with E-state index in [-0.39, 0.29) is 39.2 Å². The summed E-state index contributed by atoms with van der Waals surface area (Å²) in [5.41, 5.74) is 22.8. The summed E-state index contributed by atoms with van der Waals surface area (Å²) in [4.78, 5) is 5.20. The van der Waals surface area contributed by atoms with Crippen LogP contribution in [0, 0.1) is 0 Å². The first-order valence-electron chi connectivity index (χ1n) is 25.9. The highest BCUT2D eigenvalue weighted by atomic mass is 15.2. The molecule has 4 heteroatoms. The van der Waals surface area contributed by atoms with Crippen LogP contribution in [0.25, 0.3) is 27.5 Å². The van der Waals surface area contributed by atoms with Gasteiger partial charge in [-0.05, 0) is 143 Å². The van der Waals surface area contributed by atoms with E-state index in [1.807, 2.05) is 0 Å². The molecule has 0 atom stereocenters. The van der Waals surface area contributed by atoms with Crippen molar-refractivity contribution in [2.45, 2.75) is 157 Å². The molecule has 2 aliphatic rings. The molecule has 0 bridgehead atoms. The van der Waals surface area contributed by atoms with Crippen LogP contribution in [0.15, 0.2) is 133 Å². The van der Waals surface area contributed by atoms with Gasteiger partial charge < -0.3 is 14.4 Å². The molecule has 0 N–H and O–H groups in total. The van der Waals surface area contributed by atoms with Gasteiger partial charge in [-0.1, -0.05) is 197 Å². The quantitative estimate of drug-likeness (QED) is 0.164. The predicted molar refractivity (Wildman–Crippen MR) is 307 cm³/mol. The zero-order valence-corrected chi connectivity index (χ0v) is 45.6. The Morgan fingerprint density at radius 3 is 0.914 bits per heavy atom. The maximum atomic E-state index is 2.60. The van der Waals surface area contributed by atoms with E-state index in [1.165, 1.54) is 94.3 Å². The molecule has 0 aliphatic carbocycles. The molecule has 1 aromatic heterocycles. The van der Waals surface area contributed by atoms with Gasteiger partial charge in [0.25, 0.3) is 6.71 Å². The molecule has 3 nitrogen and oxygen atoms in total. The van der Waals surface area contributed by atoms with E-state index >= 15 is 0 Å². The average Bonchev–Trinajstić information content (AvgIpc) is 3.60. The fourth-order valence-corrected chi connectivity index (χ4v) is 11.1. The summed E-state index contributed by atoms with van der Waals surface area (Å²) < 4.78 is 2.60. The van der Waals surface area contributed by atoms with Gasteiger partial charge in [0.2, 0.25) is 0 Å². The van der Waals surface area contributed by atoms with Crippen LogP contribution in [0.5, 0.6) is 0 Å². The van der Waals surface area contributed by atoms with Crippen molar-refractivity contribution in [1.29, 1.82) is 0 Å². The van der Waals surface area contributed by atoms with E-state index in [0.717, 1.165) is 17.1 Å². The van der Waals surface area contributed by atoms with E-state index in [1.54, 1.807) is 0 Å². The van der Waals surface area contributed by atoms with Gasteiger partial charge >= 0.3 is 0 Å². The molecule has 0 fully saturated rings. The molecule has 10 rings (SSSR count). The van der Waals surface area contributed by atoms with Gasteiger partial charge in [0, 0.05) is 44.9 Å². The predicted octanol–water partition coefficient (Wildman–Crippen LogP) is 16.7. The lowest BCUT2D eigenvalue weighted by atomic mass is 9.33. The summed E-state index contributed by atoms with van der Waals surface area (Å²) in [6.07, 6.45) is 0. The third kappa shape index (κ3) is 7.98. The molecule has 7 aromatic carbocycles. The lowest BCUT2D eigenvalue weighted by Crippen LogP contribution is -2.61. The highest BCUT2D eigenvalue weighted by molar-refractivity contribution is 7.00. The van der Waals surface area contributed by atoms with Gasteiger partial charge in [0.15, 0.2) is 0 Å². The fourth-order valence-electron chi connectivity index (χ4n) is 11.1. The van der Waals surface area contributed by atoms with Crippen LogP contribution in [-0.4, -0.2) is 11.3 Å². The van der Waals surface area contributed by atoms with Gasteiger partial charge in [-0.3, -0.25) is 0 Å². The van der Waals surface area contributed by atoms with Crippen molar-refractivity contribution in [3.05, 3.63) is 167 Å². The molecule has 2 aliphatic heterocycles. The van der Waals surface area contributed by atoms with Crippen LogP contribution in [-0.2, 0) is 32.5 Å². The largest absolute Gasteiger partial charge is 0.311 e. The second-order valence-corrected chi connectivity index (χ2v) is 26.9. The molecule has 0 radical (unpaired) electrons. The van der Waals surface area contributed by atoms with Crippen molar-refractivity contribution >= 4 is 79.0 Å². The monoisotopic (exact) mass is 922 g/mol. The normalized spacial score (nSPS) is 14.3. The van der Waals surface area contributed by atoms with Crippen molar-refractivity contribution in [3.8, 4) is 5.69 Å². The Hall–Kier alpha value is -6.00. The van der Waals surface area contributed by atoms with Crippen molar-refractivity contribution in [2.75, 3.05) is 9.80 Å². The number of benzene rings is 7. The van der Waals surface area contributed by atoms with Gasteiger partial charge in [0.1, 0.15) is 0 Å². The molecule has 0 amide bonds. The molecule has 3 heterocycles. The topological polar surface area (TPSA) is 11.4 Å². The Morgan fingerprint density at radius 2 is 0.586 bits per heavy atom. The van der Waals surface area contributed by atoms with Gasteiger partial charge in [-0.2, -0.15) is 0 Å². The fraction of sp³-hybridized carbons (Fsp3) is 0.364. The Labute approximate surface area is 421 Å². The molecular weight excluding hydrogens is 846 g/mol. The smallest absolute Gasteiger partial charge is 0.252 e. The minimum Gasteiger partial charge on any atom is -0.311 e. The number of rotatable bonds is 3. The number of hydrogen-bond acceptors (Lipinski definition) is 2. The van der Waals surface area contributed by atoms with Gasteiger partial charge in [0.05, 0.1) is 16.7 Å². The van der Waals surface area contributed by atoms with Crippen molar-refractivity contribution in [3.63, 3.8) is 0 Å². The molecular formula is C66H76BN3. The van der Waals surface area contributed by atoms with E-state index in [9.17, 15) is 0 Å². The van der Waals surface area contributed by atoms with Crippen molar-refractivity contribution in [2.24, 2.45) is 0 Å². The van der Waals surface area contributed by atoms with Gasteiger partial charge in [-0.25, -0.2) is 0 Å². The standard InChI is InChI=1S/C66H76BN3/c1-61(2,3)41-19-27-47(28-20-41)68-54-33-25-43(63(7,8)9)35-52(54)67-53-36-44(64(10,11)12)26-34-55(53)69(48-29-21-42(22-30-48)62(4,5)6)59-40-49(39-58(68)60(59)67)70-56-37-45(65(13,14)15)23-31-50(56)51-32-24-46(38-57(51)70)66(16,17)18/h19-40H,1-18H3. The second-order valence-electron chi connectivity index (χ2n) is 26.9. The molecule has 70 heavy (non-hydrogen) atoms. The number of anilines is 6. The summed E-state index contributed by atoms with van der Waals surface area (Å²) in [5, 5.41) is 2.55. The van der Waals surface area contributed by atoms with Crippen LogP contribution >= 0.6 is 0 Å². The Bertz CT molecular complexity index is 3140. The number of fused-ring (bicyclic) bond motifs is 7. The van der Waals surface area contributed by atoms with Crippen LogP contribution in [0.4, 0.5) is 34.1 Å². The molecule has 0 saturated heterocycles. The summed E-state index contributed by atoms with van der Waals surface area (Å²) in [5.74, 6) is 0. The third-order valence-electron chi connectivity index (χ3n) is 15.5. The molecule has 358 valence electrons. The Kier molecular flexibility index (Phi) is 10.7. The number of aromatic nitrogens is 1. The maximum Gasteiger partial charge on any atom is 0.252 e. The lowest BCUT2D eigenvalue weighted by Gasteiger charge is -2.45. The summed E-state index contributed by atoms with van der Waals surface area (Å²) >= 11 is 0. The van der Waals surface area contributed by atoms with Crippen molar-refractivity contribution < 1.29 is 0 Å². The highest BCUT2D eigenvalue weighted by Gasteiger charge is 2.45. The highest BCUT2D eigenvalue weighted by Crippen LogP contribution is 2.48. The van der Waals surface area contributed by atoms with Crippen LogP contribution in [0.2, 0.25) is 0 Å². The van der Waals surface area contributed by atoms with Gasteiger partial charge in [-0.15, -0.1) is 0 Å². The second kappa shape index (κ2) is 15.8. The summed E-state index contributed by atoms with van der Waals surface area (Å²) in [6.45, 7) is 41.9. The van der Waals surface area contributed by atoms with E-state index < -0.39 is 0 Å². The summed E-state index contributed by atoms with van der Waals surface area (Å²) in [6, 6.07) is 53.1. The van der Waals surface area contributed by atoms with Crippen LogP contribution in [0.3, 0.4) is 0 Å². The average molecular weight is 922 g/mol.